The van der Waals surface area contributed by atoms with E-state index in [2.05, 4.69) is 6.58 Å². The maximum Gasteiger partial charge on any atom is 0.277 e. The van der Waals surface area contributed by atoms with Gasteiger partial charge in [-0.2, -0.15) is 0 Å². The highest BCUT2D eigenvalue weighted by atomic mass is 16.6. The van der Waals surface area contributed by atoms with Gasteiger partial charge in [0, 0.05) is 23.8 Å². The van der Waals surface area contributed by atoms with Crippen molar-refractivity contribution in [2.45, 2.75) is 13.8 Å². The number of hydrogen-bond acceptors (Lipinski definition) is 3. The van der Waals surface area contributed by atoms with Gasteiger partial charge in [-0.1, -0.05) is 12.7 Å². The Balaban J connectivity index is 2.74. The largest absolute Gasteiger partial charge is 0.295 e. The highest BCUT2D eigenvalue weighted by Gasteiger charge is 2.21. The molecular weight excluding hydrogens is 280 g/mol. The first-order valence-electron chi connectivity index (χ1n) is 6.77. The van der Waals surface area contributed by atoms with Crippen molar-refractivity contribution in [2.24, 2.45) is 7.05 Å². The molecule has 0 atom stereocenters. The van der Waals surface area contributed by atoms with Crippen LogP contribution in [0, 0.1) is 17.0 Å². The summed E-state index contributed by atoms with van der Waals surface area (Å²) in [6, 6.07) is 6.75. The molecule has 0 radical (unpaired) electrons. The van der Waals surface area contributed by atoms with E-state index in [0.717, 1.165) is 16.8 Å². The molecule has 0 fully saturated rings. The zero-order chi connectivity index (χ0) is 16.4. The van der Waals surface area contributed by atoms with Gasteiger partial charge in [-0.15, -0.1) is 0 Å². The van der Waals surface area contributed by atoms with Gasteiger partial charge in [-0.25, -0.2) is 4.57 Å². The number of nitro groups is 1. The molecule has 0 amide bonds. The summed E-state index contributed by atoms with van der Waals surface area (Å²) in [4.78, 5) is 22.4. The molecule has 0 unspecified atom stereocenters. The van der Waals surface area contributed by atoms with Crippen LogP contribution in [0.1, 0.15) is 28.4 Å². The first kappa shape index (κ1) is 15.6. The van der Waals surface area contributed by atoms with E-state index in [9.17, 15) is 14.9 Å². The van der Waals surface area contributed by atoms with Crippen molar-refractivity contribution in [3.8, 4) is 11.3 Å². The van der Waals surface area contributed by atoms with Gasteiger partial charge < -0.3 is 0 Å². The Bertz CT molecular complexity index is 795. The third-order valence-corrected chi connectivity index (χ3v) is 3.62. The zero-order valence-corrected chi connectivity index (χ0v) is 12.8. The Morgan fingerprint density at radius 3 is 2.59 bits per heavy atom. The van der Waals surface area contributed by atoms with Crippen molar-refractivity contribution < 1.29 is 14.3 Å². The predicted octanol–water partition coefficient (Wildman–Crippen LogP) is 3.24. The normalized spacial score (nSPS) is 10.3. The molecule has 112 valence electrons. The first-order chi connectivity index (χ1) is 10.3. The molecule has 0 aliphatic heterocycles. The second-order valence-corrected chi connectivity index (χ2v) is 5.15. The van der Waals surface area contributed by atoms with Gasteiger partial charge in [0.1, 0.15) is 7.05 Å². The van der Waals surface area contributed by atoms with Gasteiger partial charge in [0.25, 0.3) is 5.69 Å². The van der Waals surface area contributed by atoms with Gasteiger partial charge in [0.15, 0.2) is 12.0 Å². The minimum absolute atomic E-state index is 0.00354. The second kappa shape index (κ2) is 5.89. The molecule has 5 nitrogen and oxygen atoms in total. The number of pyridine rings is 1. The highest BCUT2D eigenvalue weighted by molar-refractivity contribution is 5.94. The van der Waals surface area contributed by atoms with E-state index < -0.39 is 4.92 Å². The first-order valence-corrected chi connectivity index (χ1v) is 6.77. The van der Waals surface area contributed by atoms with Crippen molar-refractivity contribution >= 4 is 17.5 Å². The van der Waals surface area contributed by atoms with Crippen LogP contribution in [0.15, 0.2) is 37.0 Å². The molecule has 0 spiro atoms. The molecular formula is C17H17N2O3+. The third kappa shape index (κ3) is 2.79. The molecule has 1 aromatic heterocycles. The molecule has 0 N–H and O–H groups in total. The molecule has 1 heterocycles. The average Bonchev–Trinajstić information content (AvgIpc) is 2.47. The number of nitro benzene ring substituents is 1. The van der Waals surface area contributed by atoms with Crippen LogP contribution >= 0.6 is 0 Å². The Hall–Kier alpha value is -2.82. The van der Waals surface area contributed by atoms with Crippen LogP contribution in [0.3, 0.4) is 0 Å². The standard InChI is InChI=1S/C17H17N2O3/c1-5-13-8-11(2)15(10-16(13)19(21)22)17-9-14(12(3)20)6-7-18(17)4/h5-10H,1H2,2-4H3/q+1. The Morgan fingerprint density at radius 1 is 1.36 bits per heavy atom. The van der Waals surface area contributed by atoms with E-state index >= 15 is 0 Å². The lowest BCUT2D eigenvalue weighted by molar-refractivity contribution is -0.660. The van der Waals surface area contributed by atoms with Gasteiger partial charge in [0.2, 0.25) is 5.69 Å². The quantitative estimate of drug-likeness (QED) is 0.376. The summed E-state index contributed by atoms with van der Waals surface area (Å²) in [6.45, 7) is 6.99. The monoisotopic (exact) mass is 297 g/mol. The van der Waals surface area contributed by atoms with Crippen molar-refractivity contribution in [1.82, 2.24) is 0 Å². The van der Waals surface area contributed by atoms with Crippen LogP contribution in [-0.4, -0.2) is 10.7 Å². The number of benzene rings is 1. The Morgan fingerprint density at radius 2 is 2.05 bits per heavy atom. The molecule has 5 heteroatoms. The molecule has 0 aliphatic rings. The Kier molecular flexibility index (Phi) is 4.17. The summed E-state index contributed by atoms with van der Waals surface area (Å²) in [5, 5.41) is 11.2. The fourth-order valence-electron chi connectivity index (χ4n) is 2.37. The minimum atomic E-state index is -0.422. The van der Waals surface area contributed by atoms with Crippen LogP contribution in [0.4, 0.5) is 5.69 Å². The van der Waals surface area contributed by atoms with E-state index in [-0.39, 0.29) is 11.5 Å². The van der Waals surface area contributed by atoms with E-state index in [1.807, 2.05) is 18.5 Å². The number of rotatable bonds is 4. The number of carbonyl (C=O) groups excluding carboxylic acids is 1. The lowest BCUT2D eigenvalue weighted by atomic mass is 9.98. The maximum absolute atomic E-state index is 11.6. The summed E-state index contributed by atoms with van der Waals surface area (Å²) < 4.78 is 1.84. The number of hydrogen-bond donors (Lipinski definition) is 0. The number of ketones is 1. The van der Waals surface area contributed by atoms with E-state index in [4.69, 9.17) is 0 Å². The second-order valence-electron chi connectivity index (χ2n) is 5.15. The van der Waals surface area contributed by atoms with E-state index in [1.54, 1.807) is 24.4 Å². The molecule has 2 aromatic rings. The third-order valence-electron chi connectivity index (χ3n) is 3.62. The predicted molar refractivity (Wildman–Crippen MR) is 84.5 cm³/mol. The van der Waals surface area contributed by atoms with Crippen molar-refractivity contribution in [3.05, 3.63) is 63.8 Å². The van der Waals surface area contributed by atoms with Gasteiger partial charge >= 0.3 is 0 Å². The molecule has 1 aromatic carbocycles. The molecule has 0 saturated carbocycles. The van der Waals surface area contributed by atoms with Crippen LogP contribution in [-0.2, 0) is 7.05 Å². The summed E-state index contributed by atoms with van der Waals surface area (Å²) in [5.74, 6) is -0.0447. The summed E-state index contributed by atoms with van der Waals surface area (Å²) in [6.07, 6.45) is 3.25. The number of Topliss-reactive ketones (excluding diaryl/α,β-unsaturated/α-hetero) is 1. The smallest absolute Gasteiger partial charge is 0.277 e. The van der Waals surface area contributed by atoms with E-state index in [0.29, 0.717) is 11.1 Å². The minimum Gasteiger partial charge on any atom is -0.295 e. The summed E-state index contributed by atoms with van der Waals surface area (Å²) in [5.41, 5.74) is 3.42. The fraction of sp³-hybridized carbons (Fsp3) is 0.176. The van der Waals surface area contributed by atoms with Gasteiger partial charge in [0.05, 0.1) is 16.1 Å². The lowest BCUT2D eigenvalue weighted by Gasteiger charge is -2.07. The molecule has 2 rings (SSSR count). The molecule has 22 heavy (non-hydrogen) atoms. The zero-order valence-electron chi connectivity index (χ0n) is 12.8. The number of nitrogens with zero attached hydrogens (tertiary/aromatic N) is 2. The van der Waals surface area contributed by atoms with Gasteiger partial charge in [-0.05, 0) is 25.5 Å². The van der Waals surface area contributed by atoms with Crippen LogP contribution in [0.5, 0.6) is 0 Å². The van der Waals surface area contributed by atoms with Gasteiger partial charge in [-0.3, -0.25) is 14.9 Å². The molecule has 0 bridgehead atoms. The SMILES string of the molecule is C=Cc1cc(C)c(-c2cc(C(C)=O)cc[n+]2C)cc1[N+](=O)[O-]. The molecule has 0 aliphatic carbocycles. The number of carbonyl (C=O) groups is 1. The van der Waals surface area contributed by atoms with Crippen molar-refractivity contribution in [2.75, 3.05) is 0 Å². The number of aryl methyl sites for hydroxylation is 2. The Labute approximate surface area is 128 Å². The average molecular weight is 297 g/mol. The number of aromatic nitrogens is 1. The summed E-state index contributed by atoms with van der Waals surface area (Å²) in [7, 11) is 1.84. The summed E-state index contributed by atoms with van der Waals surface area (Å²) >= 11 is 0. The van der Waals surface area contributed by atoms with Crippen LogP contribution in [0.25, 0.3) is 17.3 Å². The molecule has 0 saturated heterocycles. The highest BCUT2D eigenvalue weighted by Crippen LogP contribution is 2.30. The lowest BCUT2D eigenvalue weighted by Crippen LogP contribution is -2.31. The topological polar surface area (TPSA) is 64.1 Å². The fourth-order valence-corrected chi connectivity index (χ4v) is 2.37. The van der Waals surface area contributed by atoms with E-state index in [1.165, 1.54) is 19.1 Å². The van der Waals surface area contributed by atoms with Crippen molar-refractivity contribution in [1.29, 1.82) is 0 Å². The van der Waals surface area contributed by atoms with Crippen LogP contribution in [0.2, 0.25) is 0 Å². The van der Waals surface area contributed by atoms with Crippen molar-refractivity contribution in [3.63, 3.8) is 0 Å². The maximum atomic E-state index is 11.6. The van der Waals surface area contributed by atoms with Crippen LogP contribution < -0.4 is 4.57 Å².